The summed E-state index contributed by atoms with van der Waals surface area (Å²) >= 11 is 0. The second-order valence-corrected chi connectivity index (χ2v) is 6.21. The molecule has 0 heterocycles. The predicted octanol–water partition coefficient (Wildman–Crippen LogP) is 1.63. The largest absolute Gasteiger partial charge is 0.399 e. The Morgan fingerprint density at radius 1 is 1.39 bits per heavy atom. The summed E-state index contributed by atoms with van der Waals surface area (Å²) in [6.45, 7) is 4.93. The molecule has 1 atom stereocenters. The van der Waals surface area contributed by atoms with Crippen molar-refractivity contribution in [2.75, 3.05) is 24.6 Å². The van der Waals surface area contributed by atoms with Gasteiger partial charge in [-0.3, -0.25) is 0 Å². The summed E-state index contributed by atoms with van der Waals surface area (Å²) in [5.41, 5.74) is 6.65. The van der Waals surface area contributed by atoms with Crippen LogP contribution in [-0.2, 0) is 10.0 Å². The lowest BCUT2D eigenvalue weighted by molar-refractivity contribution is 0.585. The van der Waals surface area contributed by atoms with E-state index < -0.39 is 10.0 Å². The summed E-state index contributed by atoms with van der Waals surface area (Å²) in [5.74, 6) is 0.479. The van der Waals surface area contributed by atoms with Gasteiger partial charge in [-0.15, -0.1) is 0 Å². The van der Waals surface area contributed by atoms with Gasteiger partial charge in [0.2, 0.25) is 10.0 Å². The van der Waals surface area contributed by atoms with Crippen molar-refractivity contribution in [3.63, 3.8) is 0 Å². The summed E-state index contributed by atoms with van der Waals surface area (Å²) < 4.78 is 26.1. The van der Waals surface area contributed by atoms with E-state index in [0.717, 1.165) is 13.0 Å². The minimum atomic E-state index is -3.50. The van der Waals surface area contributed by atoms with Crippen LogP contribution in [0.3, 0.4) is 0 Å². The molecule has 0 radical (unpaired) electrons. The maximum atomic E-state index is 11.9. The van der Waals surface area contributed by atoms with E-state index in [1.165, 1.54) is 13.1 Å². The molecule has 4 N–H and O–H groups in total. The van der Waals surface area contributed by atoms with E-state index in [-0.39, 0.29) is 4.90 Å². The van der Waals surface area contributed by atoms with E-state index >= 15 is 0 Å². The number of benzene rings is 1. The third-order valence-corrected chi connectivity index (χ3v) is 4.36. The highest BCUT2D eigenvalue weighted by atomic mass is 32.2. The maximum Gasteiger partial charge on any atom is 0.242 e. The average molecular weight is 271 g/mol. The van der Waals surface area contributed by atoms with Crippen LogP contribution >= 0.6 is 0 Å². The predicted molar refractivity (Wildman–Crippen MR) is 75.0 cm³/mol. The molecule has 0 aliphatic carbocycles. The molecule has 1 aromatic rings. The van der Waals surface area contributed by atoms with Gasteiger partial charge in [-0.2, -0.15) is 0 Å². The Hall–Kier alpha value is -1.27. The smallest absolute Gasteiger partial charge is 0.242 e. The molecule has 1 unspecified atom stereocenters. The SMILES string of the molecule is CCC(C)CNc1ccc(N)cc1S(=O)(=O)NC. The Balaban J connectivity index is 3.05. The molecule has 0 aromatic heterocycles. The standard InChI is InChI=1S/C12H21N3O2S/c1-4-9(2)8-15-11-6-5-10(13)7-12(11)18(16,17)14-3/h5-7,9,14-15H,4,8,13H2,1-3H3. The van der Waals surface area contributed by atoms with E-state index in [9.17, 15) is 8.42 Å². The molecule has 0 saturated heterocycles. The Morgan fingerprint density at radius 2 is 2.06 bits per heavy atom. The van der Waals surface area contributed by atoms with Crippen LogP contribution in [0.4, 0.5) is 11.4 Å². The monoisotopic (exact) mass is 271 g/mol. The Labute approximate surface area is 109 Å². The summed E-state index contributed by atoms with van der Waals surface area (Å²) in [7, 11) is -2.11. The van der Waals surface area contributed by atoms with Crippen LogP contribution < -0.4 is 15.8 Å². The molecule has 1 rings (SSSR count). The molecule has 1 aromatic carbocycles. The van der Waals surface area contributed by atoms with Gasteiger partial charge in [0.1, 0.15) is 4.90 Å². The van der Waals surface area contributed by atoms with Crippen LogP contribution in [0.1, 0.15) is 20.3 Å². The topological polar surface area (TPSA) is 84.2 Å². The van der Waals surface area contributed by atoms with Crippen molar-refractivity contribution in [1.82, 2.24) is 4.72 Å². The molecule has 18 heavy (non-hydrogen) atoms. The van der Waals surface area contributed by atoms with Crippen LogP contribution in [0, 0.1) is 5.92 Å². The second-order valence-electron chi connectivity index (χ2n) is 4.36. The first-order chi connectivity index (χ1) is 8.40. The Morgan fingerprint density at radius 3 is 2.61 bits per heavy atom. The van der Waals surface area contributed by atoms with E-state index in [1.54, 1.807) is 12.1 Å². The fourth-order valence-electron chi connectivity index (χ4n) is 1.45. The molecule has 6 heteroatoms. The third-order valence-electron chi connectivity index (χ3n) is 2.90. The van der Waals surface area contributed by atoms with Crippen molar-refractivity contribution in [2.45, 2.75) is 25.2 Å². The van der Waals surface area contributed by atoms with Gasteiger partial charge in [0.25, 0.3) is 0 Å². The summed E-state index contributed by atoms with van der Waals surface area (Å²) in [6, 6.07) is 4.85. The lowest BCUT2D eigenvalue weighted by atomic mass is 10.1. The first kappa shape index (κ1) is 14.8. The van der Waals surface area contributed by atoms with Crippen molar-refractivity contribution in [3.8, 4) is 0 Å². The first-order valence-electron chi connectivity index (χ1n) is 5.97. The van der Waals surface area contributed by atoms with E-state index in [2.05, 4.69) is 23.9 Å². The molecule has 0 saturated carbocycles. The van der Waals surface area contributed by atoms with Crippen LogP contribution in [0.25, 0.3) is 0 Å². The quantitative estimate of drug-likeness (QED) is 0.687. The van der Waals surface area contributed by atoms with E-state index in [4.69, 9.17) is 5.73 Å². The van der Waals surface area contributed by atoms with Gasteiger partial charge in [-0.1, -0.05) is 20.3 Å². The third kappa shape index (κ3) is 3.61. The molecule has 102 valence electrons. The zero-order valence-electron chi connectivity index (χ0n) is 11.0. The van der Waals surface area contributed by atoms with Crippen molar-refractivity contribution in [2.24, 2.45) is 5.92 Å². The molecular formula is C12H21N3O2S. The minimum absolute atomic E-state index is 0.188. The molecule has 0 aliphatic rings. The zero-order chi connectivity index (χ0) is 13.8. The maximum absolute atomic E-state index is 11.9. The molecule has 5 nitrogen and oxygen atoms in total. The molecular weight excluding hydrogens is 250 g/mol. The van der Waals surface area contributed by atoms with Crippen LogP contribution in [-0.4, -0.2) is 22.0 Å². The number of nitrogens with two attached hydrogens (primary N) is 1. The van der Waals surface area contributed by atoms with Crippen LogP contribution in [0.2, 0.25) is 0 Å². The van der Waals surface area contributed by atoms with Gasteiger partial charge in [-0.25, -0.2) is 13.1 Å². The van der Waals surface area contributed by atoms with E-state index in [0.29, 0.717) is 17.3 Å². The van der Waals surface area contributed by atoms with Crippen molar-refractivity contribution < 1.29 is 8.42 Å². The van der Waals surface area contributed by atoms with Gasteiger partial charge in [0.15, 0.2) is 0 Å². The fraction of sp³-hybridized carbons (Fsp3) is 0.500. The number of anilines is 2. The number of nitrogen functional groups attached to an aromatic ring is 1. The molecule has 0 bridgehead atoms. The van der Waals surface area contributed by atoms with Gasteiger partial charge in [0, 0.05) is 12.2 Å². The van der Waals surface area contributed by atoms with E-state index in [1.807, 2.05) is 0 Å². The number of rotatable bonds is 6. The molecule has 0 fully saturated rings. The van der Waals surface area contributed by atoms with Crippen molar-refractivity contribution in [3.05, 3.63) is 18.2 Å². The lowest BCUT2D eigenvalue weighted by Gasteiger charge is -2.15. The highest BCUT2D eigenvalue weighted by molar-refractivity contribution is 7.89. The molecule has 0 aliphatic heterocycles. The van der Waals surface area contributed by atoms with Gasteiger partial charge >= 0.3 is 0 Å². The minimum Gasteiger partial charge on any atom is -0.399 e. The highest BCUT2D eigenvalue weighted by Gasteiger charge is 2.17. The van der Waals surface area contributed by atoms with Crippen LogP contribution in [0.15, 0.2) is 23.1 Å². The number of hydrogen-bond donors (Lipinski definition) is 3. The molecule has 0 amide bonds. The summed E-state index contributed by atoms with van der Waals surface area (Å²) in [6.07, 6.45) is 1.04. The molecule has 0 spiro atoms. The Kier molecular flexibility index (Phi) is 4.98. The van der Waals surface area contributed by atoms with Crippen molar-refractivity contribution >= 4 is 21.4 Å². The lowest BCUT2D eigenvalue weighted by Crippen LogP contribution is -2.21. The Bertz CT molecular complexity index is 500. The number of hydrogen-bond acceptors (Lipinski definition) is 4. The van der Waals surface area contributed by atoms with Crippen molar-refractivity contribution in [1.29, 1.82) is 0 Å². The first-order valence-corrected chi connectivity index (χ1v) is 7.46. The zero-order valence-corrected chi connectivity index (χ0v) is 11.8. The summed E-state index contributed by atoms with van der Waals surface area (Å²) in [4.78, 5) is 0.188. The van der Waals surface area contributed by atoms with Gasteiger partial charge in [0.05, 0.1) is 5.69 Å². The second kappa shape index (κ2) is 6.06. The number of sulfonamides is 1. The number of nitrogens with one attached hydrogen (secondary N) is 2. The van der Waals surface area contributed by atoms with Gasteiger partial charge in [-0.05, 0) is 31.2 Å². The summed E-state index contributed by atoms with van der Waals surface area (Å²) in [5, 5.41) is 3.16. The fourth-order valence-corrected chi connectivity index (χ4v) is 2.39. The highest BCUT2D eigenvalue weighted by Crippen LogP contribution is 2.24. The normalized spacial score (nSPS) is 13.3. The van der Waals surface area contributed by atoms with Crippen LogP contribution in [0.5, 0.6) is 0 Å². The average Bonchev–Trinajstić information content (AvgIpc) is 2.36. The van der Waals surface area contributed by atoms with Gasteiger partial charge < -0.3 is 11.1 Å².